The highest BCUT2D eigenvalue weighted by molar-refractivity contribution is 9.10. The summed E-state index contributed by atoms with van der Waals surface area (Å²) < 4.78 is 16.9. The lowest BCUT2D eigenvalue weighted by molar-refractivity contribution is 0.391. The van der Waals surface area contributed by atoms with Gasteiger partial charge in [-0.25, -0.2) is 4.39 Å². The van der Waals surface area contributed by atoms with Crippen LogP contribution in [0, 0.1) is 16.0 Å². The van der Waals surface area contributed by atoms with Crippen molar-refractivity contribution in [2.45, 2.75) is 39.2 Å². The van der Waals surface area contributed by atoms with Crippen LogP contribution in [0.25, 0.3) is 11.0 Å². The van der Waals surface area contributed by atoms with E-state index in [1.807, 2.05) is 6.07 Å². The Morgan fingerprint density at radius 3 is 2.84 bits per heavy atom. The predicted octanol–water partition coefficient (Wildman–Crippen LogP) is 5.18. The van der Waals surface area contributed by atoms with E-state index >= 15 is 0 Å². The number of nitrogens with one attached hydrogen (secondary N) is 1. The molecule has 19 heavy (non-hydrogen) atoms. The number of benzene rings is 1. The number of rotatable bonds is 4. The van der Waals surface area contributed by atoms with E-state index in [0.29, 0.717) is 14.7 Å². The topological polar surface area (TPSA) is 20.7 Å². The Kier molecular flexibility index (Phi) is 3.29. The van der Waals surface area contributed by atoms with E-state index in [1.165, 1.54) is 31.7 Å². The zero-order chi connectivity index (χ0) is 13.6. The van der Waals surface area contributed by atoms with E-state index in [4.69, 9.17) is 12.2 Å². The lowest BCUT2D eigenvalue weighted by atomic mass is 10.0. The third kappa shape index (κ3) is 2.38. The molecule has 0 bridgehead atoms. The van der Waals surface area contributed by atoms with Crippen LogP contribution in [0.1, 0.15) is 32.6 Å². The van der Waals surface area contributed by atoms with Crippen LogP contribution in [0.4, 0.5) is 4.39 Å². The van der Waals surface area contributed by atoms with Crippen molar-refractivity contribution in [3.8, 4) is 0 Å². The van der Waals surface area contributed by atoms with Gasteiger partial charge in [0.15, 0.2) is 4.77 Å². The fraction of sp³-hybridized carbons (Fsp3) is 0.500. The number of imidazole rings is 1. The Hall–Kier alpha value is -0.680. The maximum Gasteiger partial charge on any atom is 0.178 e. The lowest BCUT2D eigenvalue weighted by Gasteiger charge is -2.15. The second-order valence-electron chi connectivity index (χ2n) is 5.55. The zero-order valence-corrected chi connectivity index (χ0v) is 13.2. The van der Waals surface area contributed by atoms with Crippen LogP contribution in [0.15, 0.2) is 16.6 Å². The fourth-order valence-electron chi connectivity index (χ4n) is 2.84. The van der Waals surface area contributed by atoms with Gasteiger partial charge >= 0.3 is 0 Å². The van der Waals surface area contributed by atoms with Crippen molar-refractivity contribution < 1.29 is 4.39 Å². The molecule has 0 atom stereocenters. The zero-order valence-electron chi connectivity index (χ0n) is 10.8. The van der Waals surface area contributed by atoms with Crippen LogP contribution in [0.2, 0.25) is 0 Å². The van der Waals surface area contributed by atoms with E-state index < -0.39 is 0 Å². The molecule has 0 radical (unpaired) electrons. The van der Waals surface area contributed by atoms with Crippen molar-refractivity contribution in [1.82, 2.24) is 9.55 Å². The summed E-state index contributed by atoms with van der Waals surface area (Å²) in [7, 11) is 0. The number of hydrogen-bond acceptors (Lipinski definition) is 1. The highest BCUT2D eigenvalue weighted by Gasteiger charge is 2.42. The fourth-order valence-corrected chi connectivity index (χ4v) is 3.44. The van der Waals surface area contributed by atoms with E-state index in [2.05, 4.69) is 32.4 Å². The van der Waals surface area contributed by atoms with Crippen LogP contribution >= 0.6 is 28.1 Å². The van der Waals surface area contributed by atoms with E-state index in [9.17, 15) is 4.39 Å². The van der Waals surface area contributed by atoms with Gasteiger partial charge in [-0.1, -0.05) is 13.3 Å². The van der Waals surface area contributed by atoms with Crippen LogP contribution in [0.5, 0.6) is 0 Å². The van der Waals surface area contributed by atoms with Gasteiger partial charge in [0.05, 0.1) is 15.5 Å². The Morgan fingerprint density at radius 2 is 2.21 bits per heavy atom. The molecule has 1 aromatic carbocycles. The van der Waals surface area contributed by atoms with Gasteiger partial charge < -0.3 is 9.55 Å². The van der Waals surface area contributed by atoms with Crippen molar-refractivity contribution in [2.75, 3.05) is 0 Å². The van der Waals surface area contributed by atoms with E-state index in [-0.39, 0.29) is 5.82 Å². The van der Waals surface area contributed by atoms with Gasteiger partial charge in [-0.15, -0.1) is 0 Å². The average molecular weight is 343 g/mol. The minimum absolute atomic E-state index is 0.259. The number of halogens is 2. The molecule has 1 saturated carbocycles. The van der Waals surface area contributed by atoms with Gasteiger partial charge in [0.25, 0.3) is 0 Å². The second-order valence-corrected chi connectivity index (χ2v) is 6.79. The molecule has 3 rings (SSSR count). The first kappa shape index (κ1) is 13.3. The van der Waals surface area contributed by atoms with Gasteiger partial charge in [-0.2, -0.15) is 0 Å². The van der Waals surface area contributed by atoms with E-state index in [1.54, 1.807) is 0 Å². The molecular weight excluding hydrogens is 327 g/mol. The number of H-pyrrole nitrogens is 1. The average Bonchev–Trinajstić information content (AvgIpc) is 3.05. The van der Waals surface area contributed by atoms with Gasteiger partial charge in [-0.3, -0.25) is 0 Å². The van der Waals surface area contributed by atoms with Gasteiger partial charge in [0.1, 0.15) is 5.82 Å². The second kappa shape index (κ2) is 4.70. The monoisotopic (exact) mass is 342 g/mol. The Balaban J connectivity index is 2.06. The van der Waals surface area contributed by atoms with Crippen molar-refractivity contribution in [3.05, 3.63) is 27.2 Å². The molecule has 5 heteroatoms. The summed E-state index contributed by atoms with van der Waals surface area (Å²) >= 11 is 8.64. The molecular formula is C14H16BrFN2S. The highest BCUT2D eigenvalue weighted by atomic mass is 79.9. The highest BCUT2D eigenvalue weighted by Crippen LogP contribution is 2.51. The molecule has 0 spiro atoms. The molecule has 1 heterocycles. The molecule has 0 amide bonds. The summed E-state index contributed by atoms with van der Waals surface area (Å²) in [6.07, 6.45) is 4.99. The Morgan fingerprint density at radius 1 is 1.47 bits per heavy atom. The summed E-state index contributed by atoms with van der Waals surface area (Å²) in [4.78, 5) is 3.10. The minimum Gasteiger partial charge on any atom is -0.330 e. The van der Waals surface area contributed by atoms with Crippen LogP contribution < -0.4 is 0 Å². The molecule has 1 aliphatic rings. The lowest BCUT2D eigenvalue weighted by Crippen LogP contribution is -2.11. The summed E-state index contributed by atoms with van der Waals surface area (Å²) in [5.41, 5.74) is 2.18. The van der Waals surface area contributed by atoms with Gasteiger partial charge in [0, 0.05) is 12.6 Å². The van der Waals surface area contributed by atoms with Crippen LogP contribution in [-0.2, 0) is 6.54 Å². The van der Waals surface area contributed by atoms with Crippen molar-refractivity contribution in [3.63, 3.8) is 0 Å². The first-order valence-corrected chi connectivity index (χ1v) is 7.82. The first-order chi connectivity index (χ1) is 9.04. The molecule has 2 aromatic rings. The molecule has 0 saturated heterocycles. The predicted molar refractivity (Wildman–Crippen MR) is 81.4 cm³/mol. The molecule has 1 aliphatic carbocycles. The standard InChI is InChI=1S/C14H16BrFN2S/c1-2-3-14(4-5-14)8-18-12-6-9(15)10(16)7-11(12)17-13(18)19/h6-7H,2-5,8H2,1H3,(H,17,19). The summed E-state index contributed by atoms with van der Waals surface area (Å²) in [5.74, 6) is -0.259. The van der Waals surface area contributed by atoms with Crippen molar-refractivity contribution >= 4 is 39.2 Å². The normalized spacial score (nSPS) is 17.0. The Labute approximate surface area is 125 Å². The number of hydrogen-bond donors (Lipinski definition) is 1. The quantitative estimate of drug-likeness (QED) is 0.759. The van der Waals surface area contributed by atoms with E-state index in [0.717, 1.165) is 17.6 Å². The van der Waals surface area contributed by atoms with Crippen LogP contribution in [-0.4, -0.2) is 9.55 Å². The number of fused-ring (bicyclic) bond motifs is 1. The number of aromatic nitrogens is 2. The maximum atomic E-state index is 13.6. The summed E-state index contributed by atoms with van der Waals surface area (Å²) in [5, 5.41) is 0. The summed E-state index contributed by atoms with van der Waals surface area (Å²) in [6, 6.07) is 3.32. The van der Waals surface area contributed by atoms with Crippen molar-refractivity contribution in [1.29, 1.82) is 0 Å². The minimum atomic E-state index is -0.259. The number of nitrogens with zero attached hydrogens (tertiary/aromatic N) is 1. The third-order valence-electron chi connectivity index (χ3n) is 4.05. The number of aromatic amines is 1. The smallest absolute Gasteiger partial charge is 0.178 e. The van der Waals surface area contributed by atoms with Crippen LogP contribution in [0.3, 0.4) is 0 Å². The Bertz CT molecular complexity index is 685. The molecule has 1 fully saturated rings. The van der Waals surface area contributed by atoms with Crippen molar-refractivity contribution in [2.24, 2.45) is 5.41 Å². The molecule has 1 aromatic heterocycles. The molecule has 0 unspecified atom stereocenters. The largest absolute Gasteiger partial charge is 0.330 e. The van der Waals surface area contributed by atoms with Gasteiger partial charge in [-0.05, 0) is 58.9 Å². The van der Waals surface area contributed by atoms with Gasteiger partial charge in [0.2, 0.25) is 0 Å². The molecule has 2 nitrogen and oxygen atoms in total. The summed E-state index contributed by atoms with van der Waals surface area (Å²) in [6.45, 7) is 3.16. The molecule has 0 aliphatic heterocycles. The SMILES string of the molecule is CCCC1(Cn2c(=S)[nH]c3cc(F)c(Br)cc32)CC1. The molecule has 102 valence electrons. The third-order valence-corrected chi connectivity index (χ3v) is 4.98. The first-order valence-electron chi connectivity index (χ1n) is 6.62. The molecule has 1 N–H and O–H groups in total. The maximum absolute atomic E-state index is 13.6.